The summed E-state index contributed by atoms with van der Waals surface area (Å²) in [6.07, 6.45) is 0. The summed E-state index contributed by atoms with van der Waals surface area (Å²) in [5.74, 6) is 0.540. The Hall–Kier alpha value is -2.13. The third-order valence-electron chi connectivity index (χ3n) is 3.42. The highest BCUT2D eigenvalue weighted by molar-refractivity contribution is 9.10. The number of aromatic amines is 1. The lowest BCUT2D eigenvalue weighted by Gasteiger charge is -2.09. The molecule has 0 aliphatic heterocycles. The van der Waals surface area contributed by atoms with E-state index in [-0.39, 0.29) is 10.8 Å². The summed E-state index contributed by atoms with van der Waals surface area (Å²) >= 11 is 3.32. The lowest BCUT2D eigenvalue weighted by molar-refractivity contribution is 0.531. The largest absolute Gasteiger partial charge is 0.421 e. The Morgan fingerprint density at radius 1 is 1.08 bits per heavy atom. The molecule has 0 bridgehead atoms. The number of aryl methyl sites for hydroxylation is 3. The van der Waals surface area contributed by atoms with Gasteiger partial charge in [0.1, 0.15) is 4.90 Å². The molecule has 126 valence electrons. The van der Waals surface area contributed by atoms with Crippen molar-refractivity contribution in [2.75, 3.05) is 4.72 Å². The molecule has 0 aliphatic carbocycles. The normalized spacial score (nSPS) is 11.7. The van der Waals surface area contributed by atoms with Crippen LogP contribution in [0, 0.1) is 20.8 Å². The molecule has 0 spiro atoms. The minimum atomic E-state index is -3.83. The Balaban J connectivity index is 2.09. The fourth-order valence-electron chi connectivity index (χ4n) is 2.47. The van der Waals surface area contributed by atoms with Crippen molar-refractivity contribution in [3.63, 3.8) is 0 Å². The Morgan fingerprint density at radius 3 is 2.33 bits per heavy atom. The van der Waals surface area contributed by atoms with Gasteiger partial charge in [-0.15, -0.1) is 10.2 Å². The van der Waals surface area contributed by atoms with Gasteiger partial charge in [0.25, 0.3) is 15.9 Å². The number of hydrogen-bond acceptors (Lipinski definition) is 5. The van der Waals surface area contributed by atoms with Gasteiger partial charge in [0.05, 0.1) is 5.56 Å². The third kappa shape index (κ3) is 3.09. The van der Waals surface area contributed by atoms with Crippen LogP contribution in [0.3, 0.4) is 0 Å². The molecule has 0 saturated carbocycles. The van der Waals surface area contributed by atoms with Crippen LogP contribution in [0.25, 0.3) is 11.5 Å². The molecule has 0 unspecified atom stereocenters. The third-order valence-corrected chi connectivity index (χ3v) is 5.50. The highest BCUT2D eigenvalue weighted by atomic mass is 79.9. The van der Waals surface area contributed by atoms with Crippen LogP contribution in [0.5, 0.6) is 0 Å². The van der Waals surface area contributed by atoms with Gasteiger partial charge in [-0.05, 0) is 38.1 Å². The van der Waals surface area contributed by atoms with Gasteiger partial charge in [0.2, 0.25) is 5.89 Å². The molecule has 7 nitrogen and oxygen atoms in total. The summed E-state index contributed by atoms with van der Waals surface area (Å²) < 4.78 is 34.6. The van der Waals surface area contributed by atoms with E-state index in [9.17, 15) is 8.42 Å². The highest BCUT2D eigenvalue weighted by Crippen LogP contribution is 2.33. The molecule has 3 aromatic rings. The van der Waals surface area contributed by atoms with Gasteiger partial charge in [0, 0.05) is 28.5 Å². The number of halogens is 1. The maximum Gasteiger partial charge on any atom is 0.264 e. The number of benzene rings is 1. The van der Waals surface area contributed by atoms with E-state index in [1.54, 1.807) is 45.0 Å². The van der Waals surface area contributed by atoms with Crippen molar-refractivity contribution in [1.29, 1.82) is 0 Å². The number of sulfonamides is 1. The zero-order valence-corrected chi connectivity index (χ0v) is 15.6. The summed E-state index contributed by atoms with van der Waals surface area (Å²) in [5.41, 5.74) is 2.00. The van der Waals surface area contributed by atoms with Crippen LogP contribution in [-0.4, -0.2) is 23.6 Å². The number of rotatable bonds is 4. The van der Waals surface area contributed by atoms with E-state index in [2.05, 4.69) is 35.8 Å². The second kappa shape index (κ2) is 6.06. The van der Waals surface area contributed by atoms with Gasteiger partial charge in [0.15, 0.2) is 0 Å². The minimum Gasteiger partial charge on any atom is -0.421 e. The lowest BCUT2D eigenvalue weighted by Crippen LogP contribution is -2.14. The van der Waals surface area contributed by atoms with Crippen LogP contribution in [0.15, 0.2) is 38.1 Å². The van der Waals surface area contributed by atoms with Gasteiger partial charge in [-0.1, -0.05) is 15.9 Å². The smallest absolute Gasteiger partial charge is 0.264 e. The van der Waals surface area contributed by atoms with Crippen molar-refractivity contribution in [3.05, 3.63) is 46.0 Å². The summed E-state index contributed by atoms with van der Waals surface area (Å²) in [4.78, 5) is 3.13. The van der Waals surface area contributed by atoms with E-state index >= 15 is 0 Å². The fraction of sp³-hybridized carbons (Fsp3) is 0.200. The van der Waals surface area contributed by atoms with Gasteiger partial charge in [-0.25, -0.2) is 8.42 Å². The van der Waals surface area contributed by atoms with Crippen LogP contribution in [0.4, 0.5) is 5.69 Å². The zero-order valence-electron chi connectivity index (χ0n) is 13.2. The number of nitrogens with one attached hydrogen (secondary N) is 2. The Bertz CT molecular complexity index is 990. The number of H-pyrrole nitrogens is 1. The van der Waals surface area contributed by atoms with Crippen molar-refractivity contribution in [3.8, 4) is 11.5 Å². The molecule has 0 aliphatic rings. The number of nitrogens with zero attached hydrogens (tertiary/aromatic N) is 2. The van der Waals surface area contributed by atoms with Crippen molar-refractivity contribution in [2.45, 2.75) is 25.7 Å². The number of anilines is 1. The molecule has 0 fully saturated rings. The Kier molecular flexibility index (Phi) is 4.22. The number of aromatic nitrogens is 3. The van der Waals surface area contributed by atoms with Crippen LogP contribution in [-0.2, 0) is 10.0 Å². The zero-order chi connectivity index (χ0) is 17.5. The molecule has 0 amide bonds. The fourth-order valence-corrected chi connectivity index (χ4v) is 4.25. The molecule has 0 saturated heterocycles. The second-order valence-electron chi connectivity index (χ2n) is 5.32. The summed E-state index contributed by atoms with van der Waals surface area (Å²) in [5, 5.41) is 7.73. The molecule has 2 aromatic heterocycles. The van der Waals surface area contributed by atoms with Crippen LogP contribution in [0.1, 0.15) is 17.3 Å². The van der Waals surface area contributed by atoms with E-state index in [0.29, 0.717) is 28.5 Å². The van der Waals surface area contributed by atoms with Crippen molar-refractivity contribution in [1.82, 2.24) is 15.2 Å². The van der Waals surface area contributed by atoms with Gasteiger partial charge < -0.3 is 9.40 Å². The predicted molar refractivity (Wildman–Crippen MR) is 93.2 cm³/mol. The average Bonchev–Trinajstić information content (AvgIpc) is 3.04. The predicted octanol–water partition coefficient (Wildman–Crippen LogP) is 3.55. The molecular weight excluding hydrogens is 396 g/mol. The molecule has 1 aromatic carbocycles. The number of hydrogen-bond donors (Lipinski definition) is 2. The standard InChI is InChI=1S/C15H15BrN4O3S/c1-8-13(15-19-18-10(3)23-15)14(9(2)17-8)24(21,22)20-12-6-4-11(16)5-7-12/h4-7,17,20H,1-3H3. The molecular formula is C15H15BrN4O3S. The van der Waals surface area contributed by atoms with Gasteiger partial charge in [-0.3, -0.25) is 4.72 Å². The Labute approximate surface area is 147 Å². The monoisotopic (exact) mass is 410 g/mol. The van der Waals surface area contributed by atoms with Crippen LogP contribution >= 0.6 is 15.9 Å². The van der Waals surface area contributed by atoms with E-state index in [1.165, 1.54) is 0 Å². The maximum atomic E-state index is 12.9. The topological polar surface area (TPSA) is 101 Å². The molecule has 3 rings (SSSR count). The second-order valence-corrected chi connectivity index (χ2v) is 7.85. The van der Waals surface area contributed by atoms with Gasteiger partial charge >= 0.3 is 0 Å². The van der Waals surface area contributed by atoms with Crippen molar-refractivity contribution < 1.29 is 12.8 Å². The van der Waals surface area contributed by atoms with Gasteiger partial charge in [-0.2, -0.15) is 0 Å². The molecule has 0 radical (unpaired) electrons. The van der Waals surface area contributed by atoms with Crippen molar-refractivity contribution in [2.24, 2.45) is 0 Å². The van der Waals surface area contributed by atoms with Crippen LogP contribution < -0.4 is 4.72 Å². The van der Waals surface area contributed by atoms with Crippen LogP contribution in [0.2, 0.25) is 0 Å². The molecule has 0 atom stereocenters. The molecule has 2 heterocycles. The SMILES string of the molecule is Cc1nnc(-c2c(C)[nH]c(C)c2S(=O)(=O)Nc2ccc(Br)cc2)o1. The van der Waals surface area contributed by atoms with E-state index < -0.39 is 10.0 Å². The molecule has 2 N–H and O–H groups in total. The highest BCUT2D eigenvalue weighted by Gasteiger charge is 2.28. The van der Waals surface area contributed by atoms with Crippen molar-refractivity contribution >= 4 is 31.6 Å². The first-order valence-electron chi connectivity index (χ1n) is 7.06. The minimum absolute atomic E-state index is 0.103. The first-order chi connectivity index (χ1) is 11.3. The van der Waals surface area contributed by atoms with E-state index in [0.717, 1.165) is 4.47 Å². The summed E-state index contributed by atoms with van der Waals surface area (Å²) in [7, 11) is -3.83. The Morgan fingerprint density at radius 2 is 1.75 bits per heavy atom. The first kappa shape index (κ1) is 16.7. The van der Waals surface area contributed by atoms with E-state index in [1.807, 2.05) is 0 Å². The first-order valence-corrected chi connectivity index (χ1v) is 9.33. The summed E-state index contributed by atoms with van der Waals surface area (Å²) in [6.45, 7) is 5.11. The van der Waals surface area contributed by atoms with E-state index in [4.69, 9.17) is 4.42 Å². The molecule has 9 heteroatoms. The summed E-state index contributed by atoms with van der Waals surface area (Å²) in [6, 6.07) is 6.87. The quantitative estimate of drug-likeness (QED) is 0.684. The maximum absolute atomic E-state index is 12.9. The lowest BCUT2D eigenvalue weighted by atomic mass is 10.2. The molecule has 24 heavy (non-hydrogen) atoms. The average molecular weight is 411 g/mol.